The van der Waals surface area contributed by atoms with E-state index in [9.17, 15) is 9.59 Å². The van der Waals surface area contributed by atoms with Crippen molar-refractivity contribution in [3.8, 4) is 5.75 Å². The molecule has 0 heterocycles. The monoisotopic (exact) mass is 300 g/mol. The number of hydrogen-bond acceptors (Lipinski definition) is 4. The SMILES string of the molecule is CCOC(=O)CC(=O)c1ccc(Br)cc1OC. The second-order valence-electron chi connectivity index (χ2n) is 3.25. The molecular weight excluding hydrogens is 288 g/mol. The van der Waals surface area contributed by atoms with E-state index in [4.69, 9.17) is 9.47 Å². The first-order chi connectivity index (χ1) is 8.08. The second kappa shape index (κ2) is 6.39. The summed E-state index contributed by atoms with van der Waals surface area (Å²) in [7, 11) is 1.48. The summed E-state index contributed by atoms with van der Waals surface area (Å²) in [5, 5.41) is 0. The van der Waals surface area contributed by atoms with Gasteiger partial charge in [-0.1, -0.05) is 15.9 Å². The maximum Gasteiger partial charge on any atom is 0.313 e. The zero-order valence-corrected chi connectivity index (χ0v) is 11.2. The summed E-state index contributed by atoms with van der Waals surface area (Å²) in [6.07, 6.45) is -0.272. The van der Waals surface area contributed by atoms with E-state index in [0.29, 0.717) is 11.3 Å². The van der Waals surface area contributed by atoms with Crippen molar-refractivity contribution in [2.75, 3.05) is 13.7 Å². The van der Waals surface area contributed by atoms with Crippen molar-refractivity contribution in [3.63, 3.8) is 0 Å². The highest BCUT2D eigenvalue weighted by Gasteiger charge is 2.16. The number of halogens is 1. The van der Waals surface area contributed by atoms with Gasteiger partial charge in [-0.2, -0.15) is 0 Å². The van der Waals surface area contributed by atoms with Crippen LogP contribution >= 0.6 is 15.9 Å². The van der Waals surface area contributed by atoms with Crippen LogP contribution in [-0.2, 0) is 9.53 Å². The van der Waals surface area contributed by atoms with Gasteiger partial charge < -0.3 is 9.47 Å². The van der Waals surface area contributed by atoms with E-state index in [2.05, 4.69) is 15.9 Å². The van der Waals surface area contributed by atoms with Gasteiger partial charge in [0.05, 0.1) is 19.3 Å². The van der Waals surface area contributed by atoms with Gasteiger partial charge >= 0.3 is 5.97 Å². The summed E-state index contributed by atoms with van der Waals surface area (Å²) in [4.78, 5) is 23.0. The maximum atomic E-state index is 11.8. The number of ketones is 1. The molecule has 92 valence electrons. The molecule has 0 aliphatic heterocycles. The molecule has 0 atom stereocenters. The standard InChI is InChI=1S/C12H13BrO4/c1-3-17-12(15)7-10(14)9-5-4-8(13)6-11(9)16-2/h4-6H,3,7H2,1-2H3. The average Bonchev–Trinajstić information content (AvgIpc) is 2.28. The highest BCUT2D eigenvalue weighted by Crippen LogP contribution is 2.24. The number of benzene rings is 1. The Balaban J connectivity index is 2.85. The van der Waals surface area contributed by atoms with Crippen molar-refractivity contribution in [1.29, 1.82) is 0 Å². The zero-order valence-electron chi connectivity index (χ0n) is 9.66. The van der Waals surface area contributed by atoms with Crippen LogP contribution in [-0.4, -0.2) is 25.5 Å². The molecule has 0 aromatic heterocycles. The number of esters is 1. The van der Waals surface area contributed by atoms with E-state index >= 15 is 0 Å². The summed E-state index contributed by atoms with van der Waals surface area (Å²) in [5.74, 6) is -0.399. The molecule has 0 bridgehead atoms. The molecule has 0 saturated carbocycles. The lowest BCUT2D eigenvalue weighted by Gasteiger charge is -2.07. The number of carbonyl (C=O) groups is 2. The topological polar surface area (TPSA) is 52.6 Å². The van der Waals surface area contributed by atoms with Gasteiger partial charge in [0.25, 0.3) is 0 Å². The van der Waals surface area contributed by atoms with E-state index in [-0.39, 0.29) is 18.8 Å². The average molecular weight is 301 g/mol. The minimum Gasteiger partial charge on any atom is -0.496 e. The van der Waals surface area contributed by atoms with Crippen molar-refractivity contribution in [2.45, 2.75) is 13.3 Å². The normalized spacial score (nSPS) is 9.82. The first-order valence-corrected chi connectivity index (χ1v) is 5.90. The van der Waals surface area contributed by atoms with E-state index in [1.165, 1.54) is 7.11 Å². The number of Topliss-reactive ketones (excluding diaryl/α,β-unsaturated/α-hetero) is 1. The van der Waals surface area contributed by atoms with Crippen LogP contribution in [0.1, 0.15) is 23.7 Å². The van der Waals surface area contributed by atoms with Crippen molar-refractivity contribution < 1.29 is 19.1 Å². The van der Waals surface area contributed by atoms with Gasteiger partial charge in [0.2, 0.25) is 0 Å². The summed E-state index contributed by atoms with van der Waals surface area (Å²) < 4.78 is 10.6. The van der Waals surface area contributed by atoms with E-state index < -0.39 is 5.97 Å². The summed E-state index contributed by atoms with van der Waals surface area (Å²) >= 11 is 3.28. The minimum absolute atomic E-state index is 0.267. The molecule has 1 rings (SSSR count). The Morgan fingerprint density at radius 1 is 1.35 bits per heavy atom. The van der Waals surface area contributed by atoms with Crippen LogP contribution in [0.3, 0.4) is 0 Å². The molecule has 0 fully saturated rings. The molecule has 1 aromatic rings. The molecule has 17 heavy (non-hydrogen) atoms. The first-order valence-electron chi connectivity index (χ1n) is 5.10. The molecule has 0 unspecified atom stereocenters. The second-order valence-corrected chi connectivity index (χ2v) is 4.17. The van der Waals surface area contributed by atoms with Gasteiger partial charge in [-0.15, -0.1) is 0 Å². The molecular formula is C12H13BrO4. The van der Waals surface area contributed by atoms with Gasteiger partial charge in [-0.25, -0.2) is 0 Å². The van der Waals surface area contributed by atoms with Crippen LogP contribution in [0.25, 0.3) is 0 Å². The minimum atomic E-state index is -0.525. The Morgan fingerprint density at radius 2 is 2.06 bits per heavy atom. The fourth-order valence-corrected chi connectivity index (χ4v) is 1.67. The van der Waals surface area contributed by atoms with Gasteiger partial charge in [-0.05, 0) is 25.1 Å². The van der Waals surface area contributed by atoms with Crippen molar-refractivity contribution in [3.05, 3.63) is 28.2 Å². The maximum absolute atomic E-state index is 11.8. The van der Waals surface area contributed by atoms with Gasteiger partial charge in [0.15, 0.2) is 5.78 Å². The Morgan fingerprint density at radius 3 is 2.65 bits per heavy atom. The van der Waals surface area contributed by atoms with Crippen molar-refractivity contribution >= 4 is 27.7 Å². The van der Waals surface area contributed by atoms with E-state index in [1.54, 1.807) is 25.1 Å². The Labute approximate surface area is 108 Å². The Kier molecular flexibility index (Phi) is 5.15. The van der Waals surface area contributed by atoms with Crippen LogP contribution in [0.4, 0.5) is 0 Å². The van der Waals surface area contributed by atoms with Crippen molar-refractivity contribution in [2.24, 2.45) is 0 Å². The molecule has 0 saturated heterocycles. The van der Waals surface area contributed by atoms with Gasteiger partial charge in [0, 0.05) is 4.47 Å². The van der Waals surface area contributed by atoms with Crippen LogP contribution in [0, 0.1) is 0 Å². The lowest BCUT2D eigenvalue weighted by atomic mass is 10.1. The van der Waals surface area contributed by atoms with Crippen LogP contribution in [0.2, 0.25) is 0 Å². The largest absolute Gasteiger partial charge is 0.496 e. The van der Waals surface area contributed by atoms with Crippen LogP contribution in [0.5, 0.6) is 5.75 Å². The fraction of sp³-hybridized carbons (Fsp3) is 0.333. The smallest absolute Gasteiger partial charge is 0.313 e. The molecule has 0 spiro atoms. The highest BCUT2D eigenvalue weighted by molar-refractivity contribution is 9.10. The molecule has 0 aliphatic carbocycles. The molecule has 0 aliphatic rings. The fourth-order valence-electron chi connectivity index (χ4n) is 1.33. The third kappa shape index (κ3) is 3.85. The number of ether oxygens (including phenoxy) is 2. The lowest BCUT2D eigenvalue weighted by molar-refractivity contribution is -0.141. The predicted molar refractivity (Wildman–Crippen MR) is 66.3 cm³/mol. The van der Waals surface area contributed by atoms with Gasteiger partial charge in [0.1, 0.15) is 12.2 Å². The van der Waals surface area contributed by atoms with Gasteiger partial charge in [-0.3, -0.25) is 9.59 Å². The Hall–Kier alpha value is -1.36. The zero-order chi connectivity index (χ0) is 12.8. The van der Waals surface area contributed by atoms with E-state index in [1.807, 2.05) is 0 Å². The van der Waals surface area contributed by atoms with E-state index in [0.717, 1.165) is 4.47 Å². The number of hydrogen-bond donors (Lipinski definition) is 0. The number of rotatable bonds is 5. The van der Waals surface area contributed by atoms with Crippen molar-refractivity contribution in [1.82, 2.24) is 0 Å². The quantitative estimate of drug-likeness (QED) is 0.476. The molecule has 1 aromatic carbocycles. The summed E-state index contributed by atoms with van der Waals surface area (Å²) in [6, 6.07) is 5.02. The summed E-state index contributed by atoms with van der Waals surface area (Å²) in [5.41, 5.74) is 0.378. The summed E-state index contributed by atoms with van der Waals surface area (Å²) in [6.45, 7) is 1.96. The Bertz CT molecular complexity index is 429. The molecule has 5 heteroatoms. The molecule has 4 nitrogen and oxygen atoms in total. The highest BCUT2D eigenvalue weighted by atomic mass is 79.9. The number of methoxy groups -OCH3 is 1. The van der Waals surface area contributed by atoms with Crippen LogP contribution in [0.15, 0.2) is 22.7 Å². The predicted octanol–water partition coefficient (Wildman–Crippen LogP) is 2.59. The third-order valence-electron chi connectivity index (χ3n) is 2.07. The first kappa shape index (κ1) is 13.7. The lowest BCUT2D eigenvalue weighted by Crippen LogP contribution is -2.12. The number of carbonyl (C=O) groups excluding carboxylic acids is 2. The molecule has 0 amide bonds. The van der Waals surface area contributed by atoms with Crippen LogP contribution < -0.4 is 4.74 Å². The molecule has 0 radical (unpaired) electrons. The third-order valence-corrected chi connectivity index (χ3v) is 2.57. The molecule has 0 N–H and O–H groups in total.